The van der Waals surface area contributed by atoms with Gasteiger partial charge in [-0.2, -0.15) is 0 Å². The lowest BCUT2D eigenvalue weighted by atomic mass is 9.74. The van der Waals surface area contributed by atoms with Crippen LogP contribution in [0.4, 0.5) is 0 Å². The number of ether oxygens (including phenoxy) is 1. The molecule has 0 aliphatic carbocycles. The van der Waals surface area contributed by atoms with E-state index in [1.807, 2.05) is 0 Å². The first kappa shape index (κ1) is 12.6. The molecule has 2 nitrogen and oxygen atoms in total. The molecule has 1 fully saturated rings. The van der Waals surface area contributed by atoms with E-state index in [4.69, 9.17) is 10.5 Å². The van der Waals surface area contributed by atoms with Gasteiger partial charge in [-0.25, -0.2) is 0 Å². The monoisotopic (exact) mass is 255 g/mol. The summed E-state index contributed by atoms with van der Waals surface area (Å²) in [5.41, 5.74) is 7.72. The minimum atomic E-state index is 0.225. The van der Waals surface area contributed by atoms with Crippen molar-refractivity contribution >= 4 is 10.8 Å². The number of nitrogens with two attached hydrogens (primary N) is 1. The van der Waals surface area contributed by atoms with Gasteiger partial charge in [-0.05, 0) is 47.6 Å². The van der Waals surface area contributed by atoms with E-state index in [0.717, 1.165) is 39.0 Å². The lowest BCUT2D eigenvalue weighted by Gasteiger charge is -2.36. The minimum Gasteiger partial charge on any atom is -0.381 e. The van der Waals surface area contributed by atoms with Crippen molar-refractivity contribution in [2.45, 2.75) is 19.3 Å². The van der Waals surface area contributed by atoms with Crippen LogP contribution in [0.1, 0.15) is 18.4 Å². The van der Waals surface area contributed by atoms with Gasteiger partial charge in [0.15, 0.2) is 0 Å². The smallest absolute Gasteiger partial charge is 0.0471 e. The summed E-state index contributed by atoms with van der Waals surface area (Å²) >= 11 is 0. The summed E-state index contributed by atoms with van der Waals surface area (Å²) in [4.78, 5) is 0. The van der Waals surface area contributed by atoms with Crippen molar-refractivity contribution in [2.24, 2.45) is 11.1 Å². The second kappa shape index (κ2) is 5.32. The van der Waals surface area contributed by atoms with Crippen molar-refractivity contribution in [3.8, 4) is 0 Å². The van der Waals surface area contributed by atoms with Crippen LogP contribution in [-0.4, -0.2) is 19.8 Å². The van der Waals surface area contributed by atoms with E-state index in [0.29, 0.717) is 0 Å². The van der Waals surface area contributed by atoms with Crippen LogP contribution in [0.25, 0.3) is 10.8 Å². The number of rotatable bonds is 3. The molecule has 0 atom stereocenters. The molecule has 2 N–H and O–H groups in total. The highest BCUT2D eigenvalue weighted by Gasteiger charge is 2.31. The molecular formula is C17H21NO. The zero-order valence-corrected chi connectivity index (χ0v) is 11.3. The van der Waals surface area contributed by atoms with E-state index in [-0.39, 0.29) is 5.41 Å². The van der Waals surface area contributed by atoms with E-state index in [2.05, 4.69) is 42.5 Å². The summed E-state index contributed by atoms with van der Waals surface area (Å²) in [6, 6.07) is 15.2. The zero-order chi connectivity index (χ0) is 13.1. The van der Waals surface area contributed by atoms with Gasteiger partial charge in [-0.15, -0.1) is 0 Å². The van der Waals surface area contributed by atoms with Crippen LogP contribution in [0.2, 0.25) is 0 Å². The average molecular weight is 255 g/mol. The molecular weight excluding hydrogens is 234 g/mol. The zero-order valence-electron chi connectivity index (χ0n) is 11.3. The first-order chi connectivity index (χ1) is 9.33. The Hall–Kier alpha value is -1.38. The van der Waals surface area contributed by atoms with Crippen molar-refractivity contribution in [1.29, 1.82) is 0 Å². The van der Waals surface area contributed by atoms with Crippen LogP contribution in [0.3, 0.4) is 0 Å². The lowest BCUT2D eigenvalue weighted by molar-refractivity contribution is 0.0193. The summed E-state index contributed by atoms with van der Waals surface area (Å²) in [7, 11) is 0. The summed E-state index contributed by atoms with van der Waals surface area (Å²) in [6.07, 6.45) is 3.22. The Morgan fingerprint density at radius 2 is 1.74 bits per heavy atom. The molecule has 100 valence electrons. The quantitative estimate of drug-likeness (QED) is 0.914. The van der Waals surface area contributed by atoms with E-state index in [9.17, 15) is 0 Å². The molecule has 2 aromatic carbocycles. The molecule has 1 heterocycles. The predicted octanol–water partition coefficient (Wildman–Crippen LogP) is 3.14. The predicted molar refractivity (Wildman–Crippen MR) is 79.2 cm³/mol. The van der Waals surface area contributed by atoms with Gasteiger partial charge in [-0.3, -0.25) is 0 Å². The van der Waals surface area contributed by atoms with Gasteiger partial charge in [0.2, 0.25) is 0 Å². The molecule has 0 unspecified atom stereocenters. The maximum absolute atomic E-state index is 6.07. The van der Waals surface area contributed by atoms with Crippen molar-refractivity contribution in [1.82, 2.24) is 0 Å². The maximum atomic E-state index is 6.07. The minimum absolute atomic E-state index is 0.225. The normalized spacial score (nSPS) is 18.6. The fourth-order valence-corrected chi connectivity index (χ4v) is 3.11. The number of hydrogen-bond donors (Lipinski definition) is 1. The highest BCUT2D eigenvalue weighted by Crippen LogP contribution is 2.35. The van der Waals surface area contributed by atoms with E-state index >= 15 is 0 Å². The highest BCUT2D eigenvalue weighted by atomic mass is 16.5. The van der Waals surface area contributed by atoms with Crippen LogP contribution in [0.5, 0.6) is 0 Å². The Morgan fingerprint density at radius 3 is 2.53 bits per heavy atom. The topological polar surface area (TPSA) is 35.2 Å². The molecule has 19 heavy (non-hydrogen) atoms. The molecule has 0 aromatic heterocycles. The Kier molecular flexibility index (Phi) is 3.54. The van der Waals surface area contributed by atoms with Crippen LogP contribution < -0.4 is 5.73 Å². The van der Waals surface area contributed by atoms with Crippen molar-refractivity contribution < 1.29 is 4.74 Å². The Bertz CT molecular complexity index is 553. The van der Waals surface area contributed by atoms with Crippen LogP contribution in [0.15, 0.2) is 42.5 Å². The molecule has 0 spiro atoms. The summed E-state index contributed by atoms with van der Waals surface area (Å²) in [5.74, 6) is 0. The first-order valence-electron chi connectivity index (χ1n) is 7.07. The van der Waals surface area contributed by atoms with E-state index < -0.39 is 0 Å². The lowest BCUT2D eigenvalue weighted by Crippen LogP contribution is -2.38. The SMILES string of the molecule is NCC1(Cc2cccc3ccccc23)CCOCC1. The van der Waals surface area contributed by atoms with Crippen molar-refractivity contribution in [3.05, 3.63) is 48.0 Å². The molecule has 0 amide bonds. The highest BCUT2D eigenvalue weighted by molar-refractivity contribution is 5.85. The van der Waals surface area contributed by atoms with Gasteiger partial charge in [0, 0.05) is 13.2 Å². The third kappa shape index (κ3) is 2.51. The molecule has 0 bridgehead atoms. The summed E-state index contributed by atoms with van der Waals surface area (Å²) in [6.45, 7) is 2.45. The Morgan fingerprint density at radius 1 is 1.00 bits per heavy atom. The number of fused-ring (bicyclic) bond motifs is 1. The molecule has 1 saturated heterocycles. The largest absolute Gasteiger partial charge is 0.381 e. The maximum Gasteiger partial charge on any atom is 0.0471 e. The third-order valence-electron chi connectivity index (χ3n) is 4.43. The van der Waals surface area contributed by atoms with E-state index in [1.165, 1.54) is 16.3 Å². The molecule has 0 radical (unpaired) electrons. The molecule has 3 rings (SSSR count). The third-order valence-corrected chi connectivity index (χ3v) is 4.43. The van der Waals surface area contributed by atoms with Crippen LogP contribution in [0, 0.1) is 5.41 Å². The fourth-order valence-electron chi connectivity index (χ4n) is 3.11. The molecule has 2 heteroatoms. The molecule has 1 aliphatic rings. The number of benzene rings is 2. The van der Waals surface area contributed by atoms with E-state index in [1.54, 1.807) is 0 Å². The van der Waals surface area contributed by atoms with Gasteiger partial charge in [0.25, 0.3) is 0 Å². The van der Waals surface area contributed by atoms with Crippen molar-refractivity contribution in [2.75, 3.05) is 19.8 Å². The molecule has 0 saturated carbocycles. The second-order valence-electron chi connectivity index (χ2n) is 5.63. The number of hydrogen-bond acceptors (Lipinski definition) is 2. The van der Waals surface area contributed by atoms with Crippen LogP contribution in [-0.2, 0) is 11.2 Å². The fraction of sp³-hybridized carbons (Fsp3) is 0.412. The Balaban J connectivity index is 1.96. The van der Waals surface area contributed by atoms with Gasteiger partial charge < -0.3 is 10.5 Å². The molecule has 2 aromatic rings. The Labute approximate surface area is 114 Å². The summed E-state index contributed by atoms with van der Waals surface area (Å²) < 4.78 is 5.50. The van der Waals surface area contributed by atoms with Gasteiger partial charge >= 0.3 is 0 Å². The molecule has 1 aliphatic heterocycles. The average Bonchev–Trinajstić information content (AvgIpc) is 2.49. The van der Waals surface area contributed by atoms with Crippen LogP contribution >= 0.6 is 0 Å². The van der Waals surface area contributed by atoms with Gasteiger partial charge in [0.05, 0.1) is 0 Å². The van der Waals surface area contributed by atoms with Gasteiger partial charge in [-0.1, -0.05) is 42.5 Å². The van der Waals surface area contributed by atoms with Gasteiger partial charge in [0.1, 0.15) is 0 Å². The summed E-state index contributed by atoms with van der Waals surface area (Å²) in [5, 5.41) is 2.68. The first-order valence-corrected chi connectivity index (χ1v) is 7.07. The second-order valence-corrected chi connectivity index (χ2v) is 5.63. The van der Waals surface area contributed by atoms with Crippen molar-refractivity contribution in [3.63, 3.8) is 0 Å². The standard InChI is InChI=1S/C17H21NO/c18-13-17(8-10-19-11-9-17)12-15-6-3-5-14-4-1-2-7-16(14)15/h1-7H,8-13,18H2.